The summed E-state index contributed by atoms with van der Waals surface area (Å²) in [4.78, 5) is 10.8. The van der Waals surface area contributed by atoms with Gasteiger partial charge in [0, 0.05) is 12.2 Å². The van der Waals surface area contributed by atoms with Crippen molar-refractivity contribution in [1.29, 1.82) is 0 Å². The van der Waals surface area contributed by atoms with Crippen LogP contribution >= 0.6 is 0 Å². The number of carbonyl (C=O) groups is 1. The Morgan fingerprint density at radius 3 is 3.23 bits per heavy atom. The minimum atomic E-state index is -0.159. The Balaban J connectivity index is 2.32. The molecule has 1 aromatic heterocycles. The second kappa shape index (κ2) is 4.45. The highest BCUT2D eigenvalue weighted by Crippen LogP contribution is 1.93. The number of rotatable bonds is 4. The average Bonchev–Trinajstić information content (AvgIpc) is 2.52. The molecule has 1 radical (unpaired) electrons. The van der Waals surface area contributed by atoms with E-state index in [1.807, 2.05) is 6.92 Å². The van der Waals surface area contributed by atoms with Gasteiger partial charge in [0.05, 0.1) is 6.54 Å². The van der Waals surface area contributed by atoms with Crippen molar-refractivity contribution in [1.82, 2.24) is 15.1 Å². The van der Waals surface area contributed by atoms with Gasteiger partial charge in [-0.25, -0.2) is 0 Å². The predicted molar refractivity (Wildman–Crippen MR) is 49.0 cm³/mol. The van der Waals surface area contributed by atoms with Gasteiger partial charge in [-0.05, 0) is 19.1 Å². The first-order valence-corrected chi connectivity index (χ1v) is 4.05. The van der Waals surface area contributed by atoms with Crippen molar-refractivity contribution in [2.24, 2.45) is 0 Å². The van der Waals surface area contributed by atoms with Crippen LogP contribution < -0.4 is 5.32 Å². The maximum Gasteiger partial charge on any atom is 0.243 e. The summed E-state index contributed by atoms with van der Waals surface area (Å²) in [6.45, 7) is 6.51. The van der Waals surface area contributed by atoms with E-state index >= 15 is 0 Å². The second-order valence-electron chi connectivity index (χ2n) is 2.63. The van der Waals surface area contributed by atoms with Crippen LogP contribution in [-0.2, 0) is 11.3 Å². The van der Waals surface area contributed by atoms with E-state index in [0.717, 1.165) is 5.69 Å². The third kappa shape index (κ3) is 2.74. The highest BCUT2D eigenvalue weighted by molar-refractivity contribution is 5.86. The van der Waals surface area contributed by atoms with E-state index in [2.05, 4.69) is 23.2 Å². The summed E-state index contributed by atoms with van der Waals surface area (Å²) in [5.74, 6) is -0.159. The summed E-state index contributed by atoms with van der Waals surface area (Å²) in [6, 6.07) is 1.80. The SMILES string of the molecule is C=CC(=O)NCCn1n[c]cc1C. The molecule has 69 valence electrons. The van der Waals surface area contributed by atoms with Crippen LogP contribution in [0.15, 0.2) is 18.7 Å². The normalized spacial score (nSPS) is 9.62. The van der Waals surface area contributed by atoms with Gasteiger partial charge in [-0.15, -0.1) is 0 Å². The first-order valence-electron chi connectivity index (χ1n) is 4.05. The van der Waals surface area contributed by atoms with E-state index in [1.165, 1.54) is 6.08 Å². The highest BCUT2D eigenvalue weighted by atomic mass is 16.1. The third-order valence-electron chi connectivity index (χ3n) is 1.67. The van der Waals surface area contributed by atoms with E-state index in [4.69, 9.17) is 0 Å². The lowest BCUT2D eigenvalue weighted by Gasteiger charge is -2.04. The first-order chi connectivity index (χ1) is 6.24. The summed E-state index contributed by atoms with van der Waals surface area (Å²) in [5, 5.41) is 6.62. The Bertz CT molecular complexity index is 304. The fourth-order valence-electron chi connectivity index (χ4n) is 0.929. The molecule has 0 bridgehead atoms. The van der Waals surface area contributed by atoms with Gasteiger partial charge < -0.3 is 5.32 Å². The summed E-state index contributed by atoms with van der Waals surface area (Å²) in [6.07, 6.45) is 3.98. The largest absolute Gasteiger partial charge is 0.351 e. The molecule has 0 spiro atoms. The smallest absolute Gasteiger partial charge is 0.243 e. The quantitative estimate of drug-likeness (QED) is 0.674. The van der Waals surface area contributed by atoms with E-state index in [-0.39, 0.29) is 5.91 Å². The zero-order valence-corrected chi connectivity index (χ0v) is 7.58. The molecule has 1 rings (SSSR count). The van der Waals surface area contributed by atoms with Crippen LogP contribution in [0.5, 0.6) is 0 Å². The van der Waals surface area contributed by atoms with Crippen LogP contribution in [0.4, 0.5) is 0 Å². The van der Waals surface area contributed by atoms with E-state index in [0.29, 0.717) is 13.1 Å². The van der Waals surface area contributed by atoms with Gasteiger partial charge in [-0.1, -0.05) is 6.58 Å². The molecular weight excluding hydrogens is 166 g/mol. The molecule has 0 saturated heterocycles. The molecule has 0 aliphatic heterocycles. The number of hydrogen-bond acceptors (Lipinski definition) is 2. The topological polar surface area (TPSA) is 46.9 Å². The van der Waals surface area contributed by atoms with Crippen molar-refractivity contribution in [2.45, 2.75) is 13.5 Å². The molecule has 0 aliphatic carbocycles. The van der Waals surface area contributed by atoms with Gasteiger partial charge >= 0.3 is 0 Å². The molecule has 0 fully saturated rings. The lowest BCUT2D eigenvalue weighted by atomic mass is 10.4. The molecular formula is C9H12N3O. The van der Waals surface area contributed by atoms with Crippen molar-refractivity contribution in [2.75, 3.05) is 6.54 Å². The highest BCUT2D eigenvalue weighted by Gasteiger charge is 1.97. The first kappa shape index (κ1) is 9.51. The Labute approximate surface area is 77.3 Å². The van der Waals surface area contributed by atoms with Gasteiger partial charge in [0.2, 0.25) is 5.91 Å². The monoisotopic (exact) mass is 178 g/mol. The van der Waals surface area contributed by atoms with Gasteiger partial charge in [-0.2, -0.15) is 5.10 Å². The maximum atomic E-state index is 10.8. The van der Waals surface area contributed by atoms with Crippen LogP contribution in [0, 0.1) is 13.1 Å². The number of nitrogens with one attached hydrogen (secondary N) is 1. The van der Waals surface area contributed by atoms with Gasteiger partial charge in [0.1, 0.15) is 6.20 Å². The summed E-state index contributed by atoms with van der Waals surface area (Å²) in [5.41, 5.74) is 1.04. The van der Waals surface area contributed by atoms with E-state index in [9.17, 15) is 4.79 Å². The Kier molecular flexibility index (Phi) is 3.25. The Morgan fingerprint density at radius 1 is 1.92 bits per heavy atom. The summed E-state index contributed by atoms with van der Waals surface area (Å²) >= 11 is 0. The van der Waals surface area contributed by atoms with Gasteiger partial charge in [-0.3, -0.25) is 9.48 Å². The molecule has 4 heteroatoms. The zero-order chi connectivity index (χ0) is 9.68. The lowest BCUT2D eigenvalue weighted by Crippen LogP contribution is -2.25. The van der Waals surface area contributed by atoms with Crippen LogP contribution in [0.3, 0.4) is 0 Å². The average molecular weight is 178 g/mol. The molecule has 0 atom stereocenters. The molecule has 1 N–H and O–H groups in total. The number of hydrogen-bond donors (Lipinski definition) is 1. The molecule has 0 aliphatic rings. The third-order valence-corrected chi connectivity index (χ3v) is 1.67. The van der Waals surface area contributed by atoms with Crippen molar-refractivity contribution in [3.05, 3.63) is 30.6 Å². The number of amides is 1. The van der Waals surface area contributed by atoms with E-state index < -0.39 is 0 Å². The molecule has 0 unspecified atom stereocenters. The van der Waals surface area contributed by atoms with Crippen molar-refractivity contribution in [3.8, 4) is 0 Å². The molecule has 1 heterocycles. The fraction of sp³-hybridized carbons (Fsp3) is 0.333. The van der Waals surface area contributed by atoms with Crippen molar-refractivity contribution in [3.63, 3.8) is 0 Å². The molecule has 1 aromatic rings. The Hall–Kier alpha value is -1.58. The van der Waals surface area contributed by atoms with Crippen LogP contribution in [0.25, 0.3) is 0 Å². The number of nitrogens with zero attached hydrogens (tertiary/aromatic N) is 2. The zero-order valence-electron chi connectivity index (χ0n) is 7.58. The standard InChI is InChI=1S/C9H12N3O/c1-3-9(13)10-6-7-12-8(2)4-5-11-12/h3-4H,1,6-7H2,2H3,(H,10,13). The second-order valence-corrected chi connectivity index (χ2v) is 2.63. The van der Waals surface area contributed by atoms with Gasteiger partial charge in [0.15, 0.2) is 0 Å². The van der Waals surface area contributed by atoms with Gasteiger partial charge in [0.25, 0.3) is 0 Å². The number of aryl methyl sites for hydroxylation is 1. The van der Waals surface area contributed by atoms with E-state index in [1.54, 1.807) is 10.7 Å². The maximum absolute atomic E-state index is 10.8. The van der Waals surface area contributed by atoms with Crippen LogP contribution in [-0.4, -0.2) is 22.2 Å². The lowest BCUT2D eigenvalue weighted by molar-refractivity contribution is -0.116. The predicted octanol–water partition coefficient (Wildman–Crippen LogP) is 0.294. The fourth-order valence-corrected chi connectivity index (χ4v) is 0.929. The summed E-state index contributed by atoms with van der Waals surface area (Å²) in [7, 11) is 0. The molecule has 13 heavy (non-hydrogen) atoms. The summed E-state index contributed by atoms with van der Waals surface area (Å²) < 4.78 is 1.78. The van der Waals surface area contributed by atoms with Crippen molar-refractivity contribution >= 4 is 5.91 Å². The molecule has 4 nitrogen and oxygen atoms in total. The molecule has 0 aromatic carbocycles. The number of carbonyl (C=O) groups excluding carboxylic acids is 1. The number of aromatic nitrogens is 2. The van der Waals surface area contributed by atoms with Crippen LogP contribution in [0.2, 0.25) is 0 Å². The van der Waals surface area contributed by atoms with Crippen LogP contribution in [0.1, 0.15) is 5.69 Å². The minimum absolute atomic E-state index is 0.159. The molecule has 1 amide bonds. The van der Waals surface area contributed by atoms with Crippen molar-refractivity contribution < 1.29 is 4.79 Å². The minimum Gasteiger partial charge on any atom is -0.351 e. The molecule has 0 saturated carbocycles. The Morgan fingerprint density at radius 2 is 2.69 bits per heavy atom.